The molecule has 2 heterocycles. The molecule has 1 unspecified atom stereocenters. The minimum atomic E-state index is -2.87. The molecule has 0 N–H and O–H groups in total. The number of sulfone groups is 1. The molecule has 0 saturated carbocycles. The number of benzene rings is 1. The summed E-state index contributed by atoms with van der Waals surface area (Å²) in [6.07, 6.45) is 1.21. The normalized spacial score (nSPS) is 19.5. The van der Waals surface area contributed by atoms with Crippen LogP contribution in [0.1, 0.15) is 17.9 Å². The Morgan fingerprint density at radius 2 is 2.17 bits per heavy atom. The minimum absolute atomic E-state index is 0.0951. The van der Waals surface area contributed by atoms with Gasteiger partial charge in [-0.25, -0.2) is 8.42 Å². The van der Waals surface area contributed by atoms with E-state index in [1.807, 2.05) is 31.2 Å². The zero-order valence-corrected chi connectivity index (χ0v) is 15.1. The Morgan fingerprint density at radius 1 is 1.33 bits per heavy atom. The van der Waals surface area contributed by atoms with Crippen LogP contribution in [0.15, 0.2) is 33.9 Å². The van der Waals surface area contributed by atoms with Crippen LogP contribution in [0.4, 0.5) is 0 Å². The van der Waals surface area contributed by atoms with E-state index in [4.69, 9.17) is 9.15 Å². The van der Waals surface area contributed by atoms with Crippen LogP contribution in [-0.4, -0.2) is 42.5 Å². The molecule has 1 aromatic carbocycles. The molecule has 1 aromatic heterocycles. The van der Waals surface area contributed by atoms with Crippen LogP contribution in [0.3, 0.4) is 0 Å². The number of nitrogens with zero attached hydrogens (tertiary/aromatic N) is 2. The third-order valence-electron chi connectivity index (χ3n) is 3.90. The largest absolute Gasteiger partial charge is 0.492 e. The van der Waals surface area contributed by atoms with Crippen LogP contribution in [0.5, 0.6) is 5.75 Å². The molecule has 0 aliphatic carbocycles. The lowest BCUT2D eigenvalue weighted by Gasteiger charge is -2.07. The predicted molar refractivity (Wildman–Crippen MR) is 92.2 cm³/mol. The number of ether oxygens (including phenoxy) is 1. The molecule has 3 rings (SSSR count). The maximum Gasteiger partial charge on any atom is 0.276 e. The molecular formula is C16H20N2O4S2. The van der Waals surface area contributed by atoms with Gasteiger partial charge in [0, 0.05) is 12.2 Å². The maximum absolute atomic E-state index is 11.5. The Hall–Kier alpha value is -1.54. The van der Waals surface area contributed by atoms with Gasteiger partial charge < -0.3 is 9.15 Å². The number of hydrogen-bond donors (Lipinski definition) is 0. The van der Waals surface area contributed by atoms with Gasteiger partial charge in [-0.2, -0.15) is 0 Å². The number of para-hydroxylation sites is 1. The van der Waals surface area contributed by atoms with Gasteiger partial charge in [0.05, 0.1) is 18.1 Å². The van der Waals surface area contributed by atoms with E-state index in [0.29, 0.717) is 36.3 Å². The van der Waals surface area contributed by atoms with Crippen molar-refractivity contribution in [3.8, 4) is 5.75 Å². The minimum Gasteiger partial charge on any atom is -0.492 e. The first-order valence-electron chi connectivity index (χ1n) is 7.86. The highest BCUT2D eigenvalue weighted by atomic mass is 32.2. The van der Waals surface area contributed by atoms with Crippen LogP contribution in [0, 0.1) is 12.8 Å². The predicted octanol–water partition coefficient (Wildman–Crippen LogP) is 2.53. The molecule has 1 aliphatic rings. The summed E-state index contributed by atoms with van der Waals surface area (Å²) in [6, 6.07) is 7.88. The summed E-state index contributed by atoms with van der Waals surface area (Å²) in [5.41, 5.74) is 1.11. The quantitative estimate of drug-likeness (QED) is 0.548. The number of hydrogen-bond acceptors (Lipinski definition) is 7. The Balaban J connectivity index is 1.42. The van der Waals surface area contributed by atoms with Gasteiger partial charge in [-0.3, -0.25) is 0 Å². The second-order valence-electron chi connectivity index (χ2n) is 5.90. The summed E-state index contributed by atoms with van der Waals surface area (Å²) in [5.74, 6) is 2.68. The molecule has 0 radical (unpaired) electrons. The molecule has 0 spiro atoms. The van der Waals surface area contributed by atoms with Crippen molar-refractivity contribution in [2.24, 2.45) is 5.92 Å². The number of rotatable bonds is 7. The Bertz CT molecular complexity index is 789. The topological polar surface area (TPSA) is 82.3 Å². The molecule has 130 valence electrons. The average molecular weight is 368 g/mol. The highest BCUT2D eigenvalue weighted by Crippen LogP contribution is 2.24. The van der Waals surface area contributed by atoms with Crippen molar-refractivity contribution >= 4 is 21.6 Å². The molecule has 0 bridgehead atoms. The van der Waals surface area contributed by atoms with Crippen molar-refractivity contribution in [3.05, 3.63) is 35.7 Å². The summed E-state index contributed by atoms with van der Waals surface area (Å²) < 4.78 is 34.2. The molecule has 0 amide bonds. The molecule has 1 atom stereocenters. The zero-order chi connectivity index (χ0) is 17.0. The summed E-state index contributed by atoms with van der Waals surface area (Å²) >= 11 is 1.44. The molecule has 24 heavy (non-hydrogen) atoms. The lowest BCUT2D eigenvalue weighted by Crippen LogP contribution is -2.07. The van der Waals surface area contributed by atoms with Gasteiger partial charge in [0.25, 0.3) is 5.22 Å². The van der Waals surface area contributed by atoms with Crippen molar-refractivity contribution in [1.82, 2.24) is 10.2 Å². The third kappa shape index (κ3) is 4.73. The van der Waals surface area contributed by atoms with Crippen molar-refractivity contribution in [3.63, 3.8) is 0 Å². The molecule has 1 aliphatic heterocycles. The van der Waals surface area contributed by atoms with E-state index >= 15 is 0 Å². The number of aryl methyl sites for hydroxylation is 1. The third-order valence-corrected chi connectivity index (χ3v) is 6.52. The molecule has 6 nitrogen and oxygen atoms in total. The van der Waals surface area contributed by atoms with Gasteiger partial charge in [-0.05, 0) is 30.9 Å². The van der Waals surface area contributed by atoms with Gasteiger partial charge >= 0.3 is 0 Å². The van der Waals surface area contributed by atoms with Crippen molar-refractivity contribution < 1.29 is 17.6 Å². The van der Waals surface area contributed by atoms with Crippen molar-refractivity contribution in [2.45, 2.75) is 25.0 Å². The average Bonchev–Trinajstić information content (AvgIpc) is 3.12. The van der Waals surface area contributed by atoms with Gasteiger partial charge in [0.1, 0.15) is 5.75 Å². The van der Waals surface area contributed by atoms with E-state index in [-0.39, 0.29) is 17.4 Å². The Morgan fingerprint density at radius 3 is 2.92 bits per heavy atom. The zero-order valence-electron chi connectivity index (χ0n) is 13.5. The van der Waals surface area contributed by atoms with E-state index < -0.39 is 9.84 Å². The molecule has 1 saturated heterocycles. The first-order valence-corrected chi connectivity index (χ1v) is 10.7. The first kappa shape index (κ1) is 17.3. The van der Waals surface area contributed by atoms with Gasteiger partial charge in [0.15, 0.2) is 9.84 Å². The lowest BCUT2D eigenvalue weighted by atomic mass is 10.1. The smallest absolute Gasteiger partial charge is 0.276 e. The molecule has 1 fully saturated rings. The summed E-state index contributed by atoms with van der Waals surface area (Å²) in [6.45, 7) is 2.56. The second kappa shape index (κ2) is 7.57. The fourth-order valence-corrected chi connectivity index (χ4v) is 5.11. The van der Waals surface area contributed by atoms with E-state index in [1.165, 1.54) is 11.8 Å². The highest BCUT2D eigenvalue weighted by molar-refractivity contribution is 7.99. The summed E-state index contributed by atoms with van der Waals surface area (Å²) in [7, 11) is -2.87. The van der Waals surface area contributed by atoms with E-state index in [2.05, 4.69) is 10.2 Å². The summed E-state index contributed by atoms with van der Waals surface area (Å²) in [4.78, 5) is 0. The van der Waals surface area contributed by atoms with Gasteiger partial charge in [-0.1, -0.05) is 30.0 Å². The lowest BCUT2D eigenvalue weighted by molar-refractivity contribution is 0.340. The summed E-state index contributed by atoms with van der Waals surface area (Å²) in [5, 5.41) is 8.50. The Labute approximate surface area is 145 Å². The number of thioether (sulfide) groups is 1. The van der Waals surface area contributed by atoms with Crippen LogP contribution >= 0.6 is 11.8 Å². The molecule has 2 aromatic rings. The van der Waals surface area contributed by atoms with E-state index in [9.17, 15) is 8.42 Å². The SMILES string of the molecule is Cc1ccccc1OCCSc1nnc(CC2CCS(=O)(=O)C2)o1. The highest BCUT2D eigenvalue weighted by Gasteiger charge is 2.29. The molecule has 8 heteroatoms. The van der Waals surface area contributed by atoms with Crippen LogP contribution in [0.2, 0.25) is 0 Å². The van der Waals surface area contributed by atoms with Crippen molar-refractivity contribution in [2.75, 3.05) is 23.9 Å². The van der Waals surface area contributed by atoms with Gasteiger partial charge in [0.2, 0.25) is 5.89 Å². The van der Waals surface area contributed by atoms with E-state index in [1.54, 1.807) is 0 Å². The van der Waals surface area contributed by atoms with Crippen LogP contribution < -0.4 is 4.74 Å². The second-order valence-corrected chi connectivity index (χ2v) is 9.17. The van der Waals surface area contributed by atoms with Crippen LogP contribution in [0.25, 0.3) is 0 Å². The first-order chi connectivity index (χ1) is 11.5. The Kier molecular flexibility index (Phi) is 5.45. The number of aromatic nitrogens is 2. The molecular weight excluding hydrogens is 348 g/mol. The van der Waals surface area contributed by atoms with Gasteiger partial charge in [-0.15, -0.1) is 10.2 Å². The fraction of sp³-hybridized carbons (Fsp3) is 0.500. The van der Waals surface area contributed by atoms with Crippen molar-refractivity contribution in [1.29, 1.82) is 0 Å². The monoisotopic (exact) mass is 368 g/mol. The standard InChI is InChI=1S/C16H20N2O4S2/c1-12-4-2-3-5-14(12)21-7-8-23-16-18-17-15(22-16)10-13-6-9-24(19,20)11-13/h2-5,13H,6-11H2,1H3. The van der Waals surface area contributed by atoms with Crippen LogP contribution in [-0.2, 0) is 16.3 Å². The fourth-order valence-electron chi connectivity index (χ4n) is 2.66. The maximum atomic E-state index is 11.5. The van der Waals surface area contributed by atoms with E-state index in [0.717, 1.165) is 11.3 Å².